The molecule has 0 aromatic carbocycles. The van der Waals surface area contributed by atoms with Crippen molar-refractivity contribution < 1.29 is 13.2 Å². The van der Waals surface area contributed by atoms with E-state index >= 15 is 0 Å². The highest BCUT2D eigenvalue weighted by atomic mass is 32.2. The smallest absolute Gasteiger partial charge is 0.272 e. The molecule has 2 N–H and O–H groups in total. The maximum atomic E-state index is 12.1. The first-order valence-corrected chi connectivity index (χ1v) is 10.6. The van der Waals surface area contributed by atoms with Gasteiger partial charge in [0.05, 0.1) is 11.5 Å². The molecule has 1 atom stereocenters. The van der Waals surface area contributed by atoms with Crippen LogP contribution in [0.4, 0.5) is 5.82 Å². The molecule has 1 aromatic rings. The zero-order chi connectivity index (χ0) is 17.7. The lowest BCUT2D eigenvalue weighted by molar-refractivity contribution is 0.0935. The molecule has 0 spiro atoms. The van der Waals surface area contributed by atoms with Crippen molar-refractivity contribution in [2.45, 2.75) is 44.6 Å². The Labute approximate surface area is 148 Å². The van der Waals surface area contributed by atoms with Crippen molar-refractivity contribution in [1.82, 2.24) is 15.5 Å². The number of carbonyl (C=O) groups is 1. The van der Waals surface area contributed by atoms with E-state index in [1.165, 1.54) is 31.3 Å². The second-order valence-electron chi connectivity index (χ2n) is 6.66. The summed E-state index contributed by atoms with van der Waals surface area (Å²) in [6.07, 6.45) is 8.71. The Balaban J connectivity index is 1.46. The first-order chi connectivity index (χ1) is 12.0. The molecule has 1 aliphatic carbocycles. The lowest BCUT2D eigenvalue weighted by atomic mass is 9.97. The number of anilines is 1. The van der Waals surface area contributed by atoms with Crippen LogP contribution in [0.2, 0.25) is 0 Å². The third-order valence-electron chi connectivity index (χ3n) is 4.60. The van der Waals surface area contributed by atoms with Gasteiger partial charge in [0, 0.05) is 12.6 Å². The van der Waals surface area contributed by atoms with Gasteiger partial charge in [0.1, 0.15) is 5.82 Å². The minimum Gasteiger partial charge on any atom is -0.368 e. The molecular weight excluding hydrogens is 340 g/mol. The summed E-state index contributed by atoms with van der Waals surface area (Å²) >= 11 is 0. The molecule has 7 nitrogen and oxygen atoms in total. The van der Waals surface area contributed by atoms with Crippen molar-refractivity contribution >= 4 is 21.6 Å². The van der Waals surface area contributed by atoms with Crippen LogP contribution in [-0.2, 0) is 9.84 Å². The summed E-state index contributed by atoms with van der Waals surface area (Å²) in [5.41, 5.74) is 1.69. The Morgan fingerprint density at radius 1 is 1.24 bits per heavy atom. The lowest BCUT2D eigenvalue weighted by Crippen LogP contribution is -2.36. The molecule has 1 aliphatic heterocycles. The summed E-state index contributed by atoms with van der Waals surface area (Å²) < 4.78 is 22.9. The predicted molar refractivity (Wildman–Crippen MR) is 96.2 cm³/mol. The third kappa shape index (κ3) is 5.26. The van der Waals surface area contributed by atoms with E-state index in [0.29, 0.717) is 12.2 Å². The number of carbonyl (C=O) groups excluding carboxylic acids is 1. The Hall–Kier alpha value is -1.96. The summed E-state index contributed by atoms with van der Waals surface area (Å²) in [7, 11) is -3.02. The molecular formula is C17H24N4O3S. The molecule has 1 saturated heterocycles. The van der Waals surface area contributed by atoms with Gasteiger partial charge in [-0.3, -0.25) is 4.79 Å². The topological polar surface area (TPSA) is 101 Å². The number of sulfone groups is 1. The number of allylic oxidation sites excluding steroid dienone is 1. The van der Waals surface area contributed by atoms with E-state index in [1.54, 1.807) is 12.1 Å². The van der Waals surface area contributed by atoms with Crippen LogP contribution < -0.4 is 10.6 Å². The molecule has 25 heavy (non-hydrogen) atoms. The van der Waals surface area contributed by atoms with Crippen molar-refractivity contribution in [2.24, 2.45) is 0 Å². The van der Waals surface area contributed by atoms with E-state index in [4.69, 9.17) is 0 Å². The third-order valence-corrected chi connectivity index (χ3v) is 6.37. The molecule has 0 radical (unpaired) electrons. The van der Waals surface area contributed by atoms with Gasteiger partial charge in [0.25, 0.3) is 5.91 Å². The zero-order valence-corrected chi connectivity index (χ0v) is 15.0. The maximum absolute atomic E-state index is 12.1. The number of aromatic nitrogens is 2. The fraction of sp³-hybridized carbons (Fsp3) is 0.588. The van der Waals surface area contributed by atoms with Gasteiger partial charge in [-0.25, -0.2) is 8.42 Å². The highest BCUT2D eigenvalue weighted by Crippen LogP contribution is 2.20. The molecule has 1 unspecified atom stereocenters. The van der Waals surface area contributed by atoms with Gasteiger partial charge >= 0.3 is 0 Å². The average molecular weight is 364 g/mol. The summed E-state index contributed by atoms with van der Waals surface area (Å²) in [5, 5.41) is 13.9. The summed E-state index contributed by atoms with van der Waals surface area (Å²) in [6, 6.07) is 3.00. The van der Waals surface area contributed by atoms with Gasteiger partial charge in [-0.05, 0) is 50.7 Å². The Morgan fingerprint density at radius 2 is 2.12 bits per heavy atom. The van der Waals surface area contributed by atoms with E-state index in [1.807, 2.05) is 0 Å². The minimum absolute atomic E-state index is 0.00165. The number of nitrogens with one attached hydrogen (secondary N) is 2. The van der Waals surface area contributed by atoms with Crippen molar-refractivity contribution in [3.05, 3.63) is 29.5 Å². The highest BCUT2D eigenvalue weighted by molar-refractivity contribution is 7.91. The van der Waals surface area contributed by atoms with Crippen LogP contribution >= 0.6 is 0 Å². The molecule has 8 heteroatoms. The fourth-order valence-corrected chi connectivity index (χ4v) is 4.87. The standard InChI is InChI=1S/C17H24N4O3S/c22-17(19-14-9-11-25(23,24)12-14)15-6-7-16(21-20-15)18-10-8-13-4-2-1-3-5-13/h4,6-7,14H,1-3,5,8-12H2,(H,18,21)(H,19,22). The summed E-state index contributed by atoms with van der Waals surface area (Å²) in [4.78, 5) is 12.1. The van der Waals surface area contributed by atoms with E-state index in [0.717, 1.165) is 13.0 Å². The molecule has 136 valence electrons. The molecule has 2 heterocycles. The van der Waals surface area contributed by atoms with Crippen molar-refractivity contribution in [2.75, 3.05) is 23.4 Å². The first kappa shape index (κ1) is 17.8. The second kappa shape index (κ2) is 7.95. The van der Waals surface area contributed by atoms with Crippen molar-refractivity contribution in [3.8, 4) is 0 Å². The van der Waals surface area contributed by atoms with Crippen LogP contribution in [0.1, 0.15) is 49.0 Å². The van der Waals surface area contributed by atoms with Crippen LogP contribution in [0.25, 0.3) is 0 Å². The van der Waals surface area contributed by atoms with Crippen LogP contribution in [0.3, 0.4) is 0 Å². The monoisotopic (exact) mass is 364 g/mol. The van der Waals surface area contributed by atoms with Gasteiger partial charge in [-0.2, -0.15) is 0 Å². The quantitative estimate of drug-likeness (QED) is 0.745. The summed E-state index contributed by atoms with van der Waals surface area (Å²) in [6.45, 7) is 0.798. The van der Waals surface area contributed by atoms with Crippen molar-refractivity contribution in [1.29, 1.82) is 0 Å². The van der Waals surface area contributed by atoms with E-state index in [2.05, 4.69) is 26.9 Å². The van der Waals surface area contributed by atoms with Gasteiger partial charge in [-0.1, -0.05) is 11.6 Å². The lowest BCUT2D eigenvalue weighted by Gasteiger charge is -2.13. The van der Waals surface area contributed by atoms with Gasteiger partial charge < -0.3 is 10.6 Å². The minimum atomic E-state index is -3.02. The van der Waals surface area contributed by atoms with Gasteiger partial charge in [-0.15, -0.1) is 10.2 Å². The largest absolute Gasteiger partial charge is 0.368 e. The molecule has 1 aromatic heterocycles. The molecule has 1 amide bonds. The fourth-order valence-electron chi connectivity index (χ4n) is 3.20. The highest BCUT2D eigenvalue weighted by Gasteiger charge is 2.29. The van der Waals surface area contributed by atoms with Gasteiger partial charge in [0.2, 0.25) is 0 Å². The van der Waals surface area contributed by atoms with E-state index < -0.39 is 9.84 Å². The van der Waals surface area contributed by atoms with E-state index in [9.17, 15) is 13.2 Å². The zero-order valence-electron chi connectivity index (χ0n) is 14.2. The molecule has 0 saturated carbocycles. The van der Waals surface area contributed by atoms with Crippen LogP contribution in [0, 0.1) is 0 Å². The van der Waals surface area contributed by atoms with Crippen LogP contribution in [0.5, 0.6) is 0 Å². The van der Waals surface area contributed by atoms with Gasteiger partial charge in [0.15, 0.2) is 15.5 Å². The molecule has 3 rings (SSSR count). The van der Waals surface area contributed by atoms with Crippen molar-refractivity contribution in [3.63, 3.8) is 0 Å². The normalized spacial score (nSPS) is 22.2. The number of rotatable bonds is 6. The number of nitrogens with zero attached hydrogens (tertiary/aromatic N) is 2. The van der Waals surface area contributed by atoms with E-state index in [-0.39, 0.29) is 29.1 Å². The summed E-state index contributed by atoms with van der Waals surface area (Å²) in [5.74, 6) is 0.384. The molecule has 0 bridgehead atoms. The second-order valence-corrected chi connectivity index (χ2v) is 8.89. The number of amides is 1. The van der Waals surface area contributed by atoms with Crippen LogP contribution in [0.15, 0.2) is 23.8 Å². The molecule has 2 aliphatic rings. The van der Waals surface area contributed by atoms with Crippen LogP contribution in [-0.4, -0.2) is 48.6 Å². The predicted octanol–water partition coefficient (Wildman–Crippen LogP) is 1.70. The Morgan fingerprint density at radius 3 is 2.76 bits per heavy atom. The SMILES string of the molecule is O=C(NC1CCS(=O)(=O)C1)c1ccc(NCCC2=CCCCC2)nn1. The number of hydrogen-bond acceptors (Lipinski definition) is 6. The Bertz CT molecular complexity index is 744. The Kier molecular flexibility index (Phi) is 5.67. The first-order valence-electron chi connectivity index (χ1n) is 8.79. The number of hydrogen-bond donors (Lipinski definition) is 2. The maximum Gasteiger partial charge on any atom is 0.272 e. The molecule has 1 fully saturated rings. The average Bonchev–Trinajstić information content (AvgIpc) is 2.95.